The van der Waals surface area contributed by atoms with Gasteiger partial charge in [0.2, 0.25) is 0 Å². The van der Waals surface area contributed by atoms with Crippen molar-refractivity contribution in [3.05, 3.63) is 34.4 Å². The number of rotatable bonds is 5. The highest BCUT2D eigenvalue weighted by atomic mass is 35.5. The van der Waals surface area contributed by atoms with Crippen LogP contribution in [0.25, 0.3) is 0 Å². The van der Waals surface area contributed by atoms with E-state index in [2.05, 4.69) is 5.10 Å². The Balaban J connectivity index is 2.17. The molecule has 19 heavy (non-hydrogen) atoms. The Bertz CT molecular complexity index is 663. The van der Waals surface area contributed by atoms with Crippen LogP contribution in [0.1, 0.15) is 12.5 Å². The number of halogens is 1. The van der Waals surface area contributed by atoms with E-state index in [1.54, 1.807) is 24.0 Å². The average Bonchev–Trinajstić information content (AvgIpc) is 2.98. The van der Waals surface area contributed by atoms with Gasteiger partial charge in [0.15, 0.2) is 0 Å². The molecular weight excluding hydrogens is 306 g/mol. The highest BCUT2D eigenvalue weighted by Crippen LogP contribution is 2.28. The van der Waals surface area contributed by atoms with Crippen molar-refractivity contribution < 1.29 is 8.42 Å². The maximum atomic E-state index is 12.3. The summed E-state index contributed by atoms with van der Waals surface area (Å²) in [5, 5.41) is 4.12. The van der Waals surface area contributed by atoms with Crippen LogP contribution in [0.15, 0.2) is 28.7 Å². The van der Waals surface area contributed by atoms with Crippen molar-refractivity contribution in [2.75, 3.05) is 7.05 Å². The first-order valence-electron chi connectivity index (χ1n) is 5.66. The summed E-state index contributed by atoms with van der Waals surface area (Å²) in [5.74, 6) is 0. The molecule has 0 aromatic carbocycles. The summed E-state index contributed by atoms with van der Waals surface area (Å²) in [6.07, 6.45) is 3.52. The molecule has 5 nitrogen and oxygen atoms in total. The van der Waals surface area contributed by atoms with Crippen molar-refractivity contribution in [2.24, 2.45) is 0 Å². The fraction of sp³-hybridized carbons (Fsp3) is 0.364. The topological polar surface area (TPSA) is 55.2 Å². The van der Waals surface area contributed by atoms with E-state index >= 15 is 0 Å². The molecule has 0 bridgehead atoms. The lowest BCUT2D eigenvalue weighted by Crippen LogP contribution is -2.25. The molecule has 0 saturated heterocycles. The number of hydrogen-bond acceptors (Lipinski definition) is 4. The van der Waals surface area contributed by atoms with Gasteiger partial charge in [-0.2, -0.15) is 9.40 Å². The number of aromatic nitrogens is 2. The average molecular weight is 320 g/mol. The normalized spacial score (nSPS) is 12.2. The lowest BCUT2D eigenvalue weighted by atomic mass is 10.4. The minimum absolute atomic E-state index is 0.253. The highest BCUT2D eigenvalue weighted by molar-refractivity contribution is 7.91. The van der Waals surface area contributed by atoms with Gasteiger partial charge in [0.25, 0.3) is 10.0 Å². The Labute approximate surface area is 121 Å². The van der Waals surface area contributed by atoms with E-state index in [0.717, 1.165) is 23.4 Å². The van der Waals surface area contributed by atoms with Gasteiger partial charge >= 0.3 is 0 Å². The first-order chi connectivity index (χ1) is 8.93. The van der Waals surface area contributed by atoms with E-state index in [9.17, 15) is 8.42 Å². The zero-order valence-electron chi connectivity index (χ0n) is 10.6. The quantitative estimate of drug-likeness (QED) is 0.850. The van der Waals surface area contributed by atoms with Gasteiger partial charge in [0.1, 0.15) is 4.21 Å². The number of thiophene rings is 1. The van der Waals surface area contributed by atoms with E-state index in [0.29, 0.717) is 4.34 Å². The molecule has 0 unspecified atom stereocenters. The molecule has 0 spiro atoms. The summed E-state index contributed by atoms with van der Waals surface area (Å²) < 4.78 is 28.3. The SMILES string of the molecule is CCn1cc(CN(C)S(=O)(=O)c2ccc(Cl)s2)cn1. The summed E-state index contributed by atoms with van der Waals surface area (Å²) in [7, 11) is -1.94. The van der Waals surface area contributed by atoms with Crippen LogP contribution in [-0.4, -0.2) is 29.6 Å². The van der Waals surface area contributed by atoms with Gasteiger partial charge in [-0.1, -0.05) is 11.6 Å². The Kier molecular flexibility index (Phi) is 4.29. The second-order valence-corrected chi connectivity index (χ2v) is 8.01. The van der Waals surface area contributed by atoms with E-state index in [1.807, 2.05) is 13.1 Å². The number of hydrogen-bond donors (Lipinski definition) is 0. The monoisotopic (exact) mass is 319 g/mol. The molecule has 0 amide bonds. The van der Waals surface area contributed by atoms with Gasteiger partial charge in [-0.05, 0) is 19.1 Å². The molecule has 0 fully saturated rings. The van der Waals surface area contributed by atoms with Gasteiger partial charge in [0.05, 0.1) is 10.5 Å². The molecule has 2 rings (SSSR count). The first-order valence-corrected chi connectivity index (χ1v) is 8.30. The molecule has 0 N–H and O–H groups in total. The van der Waals surface area contributed by atoms with Crippen molar-refractivity contribution in [3.8, 4) is 0 Å². The third-order valence-electron chi connectivity index (χ3n) is 2.63. The Morgan fingerprint density at radius 3 is 2.74 bits per heavy atom. The second kappa shape index (κ2) is 5.62. The lowest BCUT2D eigenvalue weighted by molar-refractivity contribution is 0.468. The van der Waals surface area contributed by atoms with Crippen LogP contribution < -0.4 is 0 Å². The molecule has 2 aromatic rings. The Hall–Kier alpha value is -0.890. The molecule has 8 heteroatoms. The summed E-state index contributed by atoms with van der Waals surface area (Å²) >= 11 is 6.83. The standard InChI is InChI=1S/C11H14ClN3O2S2/c1-3-15-8-9(6-13-15)7-14(2)19(16,17)11-5-4-10(12)18-11/h4-6,8H,3,7H2,1-2H3. The van der Waals surface area contributed by atoms with Crippen LogP contribution in [-0.2, 0) is 23.1 Å². The minimum Gasteiger partial charge on any atom is -0.273 e. The molecular formula is C11H14ClN3O2S2. The first kappa shape index (κ1) is 14.5. The van der Waals surface area contributed by atoms with Gasteiger partial charge in [-0.15, -0.1) is 11.3 Å². The minimum atomic E-state index is -3.48. The molecule has 0 aliphatic rings. The van der Waals surface area contributed by atoms with Gasteiger partial charge in [-0.25, -0.2) is 8.42 Å². The highest BCUT2D eigenvalue weighted by Gasteiger charge is 2.23. The molecule has 0 radical (unpaired) electrons. The van der Waals surface area contributed by atoms with E-state index in [-0.39, 0.29) is 10.8 Å². The predicted molar refractivity (Wildman–Crippen MR) is 75.9 cm³/mol. The molecule has 104 valence electrons. The maximum Gasteiger partial charge on any atom is 0.252 e. The fourth-order valence-electron chi connectivity index (χ4n) is 1.59. The summed E-state index contributed by atoms with van der Waals surface area (Å²) in [6, 6.07) is 3.11. The molecule has 2 heterocycles. The largest absolute Gasteiger partial charge is 0.273 e. The predicted octanol–water partition coefficient (Wildman–Crippen LogP) is 2.44. The van der Waals surface area contributed by atoms with Crippen molar-refractivity contribution in [2.45, 2.75) is 24.2 Å². The molecule has 0 saturated carbocycles. The van der Waals surface area contributed by atoms with Crippen molar-refractivity contribution >= 4 is 33.0 Å². The van der Waals surface area contributed by atoms with Crippen molar-refractivity contribution in [1.82, 2.24) is 14.1 Å². The van der Waals surface area contributed by atoms with Gasteiger partial charge < -0.3 is 0 Å². The zero-order valence-corrected chi connectivity index (χ0v) is 13.0. The van der Waals surface area contributed by atoms with Crippen molar-refractivity contribution in [3.63, 3.8) is 0 Å². The van der Waals surface area contributed by atoms with Crippen LogP contribution in [0.5, 0.6) is 0 Å². The smallest absolute Gasteiger partial charge is 0.252 e. The third-order valence-corrected chi connectivity index (χ3v) is 6.13. The summed E-state index contributed by atoms with van der Waals surface area (Å²) in [4.78, 5) is 0. The number of aryl methyl sites for hydroxylation is 1. The van der Waals surface area contributed by atoms with E-state index in [4.69, 9.17) is 11.6 Å². The maximum absolute atomic E-state index is 12.3. The van der Waals surface area contributed by atoms with Crippen LogP contribution in [0.3, 0.4) is 0 Å². The van der Waals surface area contributed by atoms with Gasteiger partial charge in [0, 0.05) is 31.9 Å². The fourth-order valence-corrected chi connectivity index (χ4v) is 4.45. The van der Waals surface area contributed by atoms with Crippen molar-refractivity contribution in [1.29, 1.82) is 0 Å². The molecule has 0 aliphatic heterocycles. The number of sulfonamides is 1. The molecule has 2 aromatic heterocycles. The van der Waals surface area contributed by atoms with E-state index < -0.39 is 10.0 Å². The lowest BCUT2D eigenvalue weighted by Gasteiger charge is -2.14. The number of nitrogens with zero attached hydrogens (tertiary/aromatic N) is 3. The molecule has 0 atom stereocenters. The summed E-state index contributed by atoms with van der Waals surface area (Å²) in [6.45, 7) is 3.03. The zero-order chi connectivity index (χ0) is 14.0. The Morgan fingerprint density at radius 2 is 2.21 bits per heavy atom. The molecule has 0 aliphatic carbocycles. The third kappa shape index (κ3) is 3.17. The second-order valence-electron chi connectivity index (χ2n) is 4.02. The van der Waals surface area contributed by atoms with Crippen LogP contribution in [0.4, 0.5) is 0 Å². The van der Waals surface area contributed by atoms with Crippen LogP contribution >= 0.6 is 22.9 Å². The summed E-state index contributed by atoms with van der Waals surface area (Å²) in [5.41, 5.74) is 0.857. The van der Waals surface area contributed by atoms with Crippen LogP contribution in [0, 0.1) is 0 Å². The Morgan fingerprint density at radius 1 is 1.47 bits per heavy atom. The van der Waals surface area contributed by atoms with Gasteiger partial charge in [-0.3, -0.25) is 4.68 Å². The van der Waals surface area contributed by atoms with E-state index in [1.165, 1.54) is 10.4 Å². The van der Waals surface area contributed by atoms with Crippen LogP contribution in [0.2, 0.25) is 4.34 Å².